The van der Waals surface area contributed by atoms with Gasteiger partial charge >= 0.3 is 0 Å². The minimum Gasteiger partial charge on any atom is -0.381 e. The van der Waals surface area contributed by atoms with Crippen molar-refractivity contribution in [2.45, 2.75) is 25.0 Å². The Balaban J connectivity index is 1.67. The number of likely N-dealkylation sites (tertiary alicyclic amines) is 1. The van der Waals surface area contributed by atoms with Crippen LogP contribution < -0.4 is 0 Å². The van der Waals surface area contributed by atoms with Crippen LogP contribution in [0.25, 0.3) is 0 Å². The van der Waals surface area contributed by atoms with E-state index < -0.39 is 0 Å². The zero-order valence-corrected chi connectivity index (χ0v) is 8.15. The lowest BCUT2D eigenvalue weighted by molar-refractivity contribution is -0.140. The van der Waals surface area contributed by atoms with Crippen molar-refractivity contribution in [1.29, 1.82) is 0 Å². The third-order valence-electron chi connectivity index (χ3n) is 3.46. The monoisotopic (exact) mass is 197 g/mol. The van der Waals surface area contributed by atoms with Crippen molar-refractivity contribution in [2.75, 3.05) is 26.4 Å². The third kappa shape index (κ3) is 1.25. The summed E-state index contributed by atoms with van der Waals surface area (Å²) in [6.07, 6.45) is 2.25. The largest absolute Gasteiger partial charge is 0.381 e. The summed E-state index contributed by atoms with van der Waals surface area (Å²) >= 11 is 0. The Morgan fingerprint density at radius 2 is 2.29 bits per heavy atom. The number of ether oxygens (including phenoxy) is 2. The lowest BCUT2D eigenvalue weighted by Crippen LogP contribution is -2.44. The predicted molar refractivity (Wildman–Crippen MR) is 48.8 cm³/mol. The molecule has 3 heterocycles. The van der Waals surface area contributed by atoms with E-state index in [1.807, 2.05) is 4.90 Å². The fourth-order valence-electron chi connectivity index (χ4n) is 2.63. The summed E-state index contributed by atoms with van der Waals surface area (Å²) in [7, 11) is 0. The fraction of sp³-hybridized carbons (Fsp3) is 0.900. The van der Waals surface area contributed by atoms with E-state index in [1.165, 1.54) is 0 Å². The molecule has 4 heteroatoms. The molecular weight excluding hydrogens is 182 g/mol. The first-order valence-electron chi connectivity index (χ1n) is 5.34. The molecule has 0 radical (unpaired) electrons. The summed E-state index contributed by atoms with van der Waals surface area (Å²) in [5.41, 5.74) is 0. The Hall–Kier alpha value is -0.610. The zero-order valence-electron chi connectivity index (χ0n) is 8.15. The topological polar surface area (TPSA) is 38.8 Å². The first-order valence-corrected chi connectivity index (χ1v) is 5.34. The number of nitrogens with zero attached hydrogens (tertiary/aromatic N) is 1. The highest BCUT2D eigenvalue weighted by molar-refractivity contribution is 5.80. The minimum atomic E-state index is 0.120. The molecule has 0 aromatic carbocycles. The van der Waals surface area contributed by atoms with Crippen LogP contribution in [-0.4, -0.2) is 49.3 Å². The molecule has 0 spiro atoms. The molecule has 3 fully saturated rings. The highest BCUT2D eigenvalue weighted by Crippen LogP contribution is 2.30. The molecule has 14 heavy (non-hydrogen) atoms. The van der Waals surface area contributed by atoms with Crippen LogP contribution in [0.2, 0.25) is 0 Å². The molecule has 78 valence electrons. The van der Waals surface area contributed by atoms with Gasteiger partial charge in [-0.05, 0) is 12.8 Å². The van der Waals surface area contributed by atoms with Crippen LogP contribution in [0.5, 0.6) is 0 Å². The second kappa shape index (κ2) is 3.21. The minimum absolute atomic E-state index is 0.120. The van der Waals surface area contributed by atoms with Gasteiger partial charge in [0.25, 0.3) is 0 Å². The zero-order chi connectivity index (χ0) is 9.54. The molecule has 0 aliphatic carbocycles. The number of morpholine rings is 1. The molecule has 0 N–H and O–H groups in total. The van der Waals surface area contributed by atoms with Gasteiger partial charge in [0, 0.05) is 13.2 Å². The third-order valence-corrected chi connectivity index (χ3v) is 3.46. The van der Waals surface area contributed by atoms with Gasteiger partial charge in [-0.1, -0.05) is 0 Å². The fourth-order valence-corrected chi connectivity index (χ4v) is 2.63. The number of carbonyl (C=O) groups excluding carboxylic acids is 1. The van der Waals surface area contributed by atoms with Gasteiger partial charge in [0.15, 0.2) is 0 Å². The number of hydrogen-bond donors (Lipinski definition) is 0. The van der Waals surface area contributed by atoms with E-state index in [4.69, 9.17) is 9.47 Å². The van der Waals surface area contributed by atoms with Gasteiger partial charge in [-0.2, -0.15) is 0 Å². The maximum absolute atomic E-state index is 12.0. The quantitative estimate of drug-likeness (QED) is 0.595. The molecule has 3 rings (SSSR count). The molecule has 3 atom stereocenters. The maximum Gasteiger partial charge on any atom is 0.228 e. The van der Waals surface area contributed by atoms with Crippen LogP contribution in [0.1, 0.15) is 12.8 Å². The van der Waals surface area contributed by atoms with Gasteiger partial charge in [-0.25, -0.2) is 0 Å². The summed E-state index contributed by atoms with van der Waals surface area (Å²) in [5, 5.41) is 0. The summed E-state index contributed by atoms with van der Waals surface area (Å²) in [6, 6.07) is 0.355. The summed E-state index contributed by atoms with van der Waals surface area (Å²) in [4.78, 5) is 14.0. The van der Waals surface area contributed by atoms with Crippen LogP contribution >= 0.6 is 0 Å². The van der Waals surface area contributed by atoms with E-state index in [0.717, 1.165) is 32.6 Å². The molecule has 3 aliphatic heterocycles. The number of amides is 1. The van der Waals surface area contributed by atoms with Crippen molar-refractivity contribution in [1.82, 2.24) is 4.90 Å². The summed E-state index contributed by atoms with van der Waals surface area (Å²) < 4.78 is 10.7. The average molecular weight is 197 g/mol. The molecule has 0 unspecified atom stereocenters. The first kappa shape index (κ1) is 8.68. The Morgan fingerprint density at radius 1 is 1.36 bits per heavy atom. The Bertz CT molecular complexity index is 250. The first-order chi connectivity index (χ1) is 6.84. The van der Waals surface area contributed by atoms with Crippen molar-refractivity contribution in [2.24, 2.45) is 5.92 Å². The van der Waals surface area contributed by atoms with E-state index in [-0.39, 0.29) is 5.92 Å². The normalized spacial score (nSPS) is 40.9. The van der Waals surface area contributed by atoms with Crippen LogP contribution in [0, 0.1) is 5.92 Å². The van der Waals surface area contributed by atoms with E-state index in [1.54, 1.807) is 0 Å². The van der Waals surface area contributed by atoms with Crippen molar-refractivity contribution in [3.8, 4) is 0 Å². The molecule has 0 aromatic heterocycles. The molecule has 2 bridgehead atoms. The van der Waals surface area contributed by atoms with Gasteiger partial charge in [0.2, 0.25) is 5.91 Å². The number of rotatable bonds is 1. The molecule has 0 aromatic rings. The van der Waals surface area contributed by atoms with E-state index in [9.17, 15) is 4.79 Å². The second-order valence-corrected chi connectivity index (χ2v) is 4.40. The molecular formula is C10H15NO3. The smallest absolute Gasteiger partial charge is 0.228 e. The van der Waals surface area contributed by atoms with Crippen molar-refractivity contribution >= 4 is 5.91 Å². The maximum atomic E-state index is 12.0. The number of fused-ring (bicyclic) bond motifs is 2. The van der Waals surface area contributed by atoms with E-state index in [2.05, 4.69) is 0 Å². The molecule has 3 saturated heterocycles. The molecule has 3 aliphatic rings. The second-order valence-electron chi connectivity index (χ2n) is 4.40. The van der Waals surface area contributed by atoms with Crippen molar-refractivity contribution in [3.63, 3.8) is 0 Å². The van der Waals surface area contributed by atoms with Gasteiger partial charge in [-0.3, -0.25) is 4.79 Å². The van der Waals surface area contributed by atoms with E-state index >= 15 is 0 Å². The van der Waals surface area contributed by atoms with Gasteiger partial charge in [0.1, 0.15) is 0 Å². The lowest BCUT2D eigenvalue weighted by Gasteiger charge is -2.28. The number of hydrogen-bond acceptors (Lipinski definition) is 3. The summed E-state index contributed by atoms with van der Waals surface area (Å²) in [5.74, 6) is 0.410. The summed E-state index contributed by atoms with van der Waals surface area (Å²) in [6.45, 7) is 2.91. The van der Waals surface area contributed by atoms with Gasteiger partial charge in [-0.15, -0.1) is 0 Å². The predicted octanol–water partition coefficient (Wildman–Crippen LogP) is 0.0226. The Morgan fingerprint density at radius 3 is 2.86 bits per heavy atom. The van der Waals surface area contributed by atoms with Crippen LogP contribution in [0.15, 0.2) is 0 Å². The Kier molecular flexibility index (Phi) is 1.99. The van der Waals surface area contributed by atoms with Gasteiger partial charge < -0.3 is 14.4 Å². The highest BCUT2D eigenvalue weighted by atomic mass is 16.5. The van der Waals surface area contributed by atoms with Crippen LogP contribution in [0.4, 0.5) is 0 Å². The highest BCUT2D eigenvalue weighted by Gasteiger charge is 2.43. The Labute approximate surface area is 83.2 Å². The van der Waals surface area contributed by atoms with Crippen LogP contribution in [-0.2, 0) is 14.3 Å². The van der Waals surface area contributed by atoms with E-state index in [0.29, 0.717) is 24.7 Å². The number of carbonyl (C=O) groups is 1. The standard InChI is InChI=1S/C10H15NO3/c12-10(7-1-2-13-5-7)11-4-9-3-8(11)6-14-9/h7-9H,1-6H2/t7-,8+,9-/m1/s1. The SMILES string of the molecule is O=C([C@@H]1CCOC1)N1C[C@H]2C[C@H]1CO2. The lowest BCUT2D eigenvalue weighted by atomic mass is 10.1. The molecule has 1 amide bonds. The van der Waals surface area contributed by atoms with Crippen molar-refractivity contribution in [3.05, 3.63) is 0 Å². The molecule has 4 nitrogen and oxygen atoms in total. The van der Waals surface area contributed by atoms with Crippen LogP contribution in [0.3, 0.4) is 0 Å². The molecule has 0 saturated carbocycles. The van der Waals surface area contributed by atoms with Gasteiger partial charge in [0.05, 0.1) is 31.3 Å². The average Bonchev–Trinajstić information content (AvgIpc) is 2.93. The van der Waals surface area contributed by atoms with Crippen molar-refractivity contribution < 1.29 is 14.3 Å².